The maximum atomic E-state index is 12.5. The second-order valence-corrected chi connectivity index (χ2v) is 7.60. The molecule has 1 aliphatic heterocycles. The number of benzene rings is 1. The molecular formula is C24H24N2O2. The normalized spacial score (nSPS) is 19.6. The van der Waals surface area contributed by atoms with Crippen LogP contribution >= 0.6 is 0 Å². The zero-order chi connectivity index (χ0) is 19.4. The van der Waals surface area contributed by atoms with Crippen molar-refractivity contribution < 1.29 is 9.59 Å². The lowest BCUT2D eigenvalue weighted by Gasteiger charge is -2.17. The molecule has 0 radical (unpaired) electrons. The number of anilines is 1. The van der Waals surface area contributed by atoms with Gasteiger partial charge in [-0.15, -0.1) is 0 Å². The summed E-state index contributed by atoms with van der Waals surface area (Å²) in [6.07, 6.45) is 2.76. The Bertz CT molecular complexity index is 943. The molecule has 2 aromatic carbocycles. The molecule has 2 aromatic rings. The van der Waals surface area contributed by atoms with Gasteiger partial charge in [0.25, 0.3) is 0 Å². The fourth-order valence-electron chi connectivity index (χ4n) is 4.13. The van der Waals surface area contributed by atoms with Crippen LogP contribution in [0.2, 0.25) is 0 Å². The van der Waals surface area contributed by atoms with Gasteiger partial charge in [0.1, 0.15) is 0 Å². The maximum Gasteiger partial charge on any atom is 0.228 e. The fourth-order valence-corrected chi connectivity index (χ4v) is 4.13. The van der Waals surface area contributed by atoms with E-state index in [1.165, 1.54) is 11.1 Å². The summed E-state index contributed by atoms with van der Waals surface area (Å²) in [5.41, 5.74) is 3.86. The molecule has 4 nitrogen and oxygen atoms in total. The van der Waals surface area contributed by atoms with Gasteiger partial charge >= 0.3 is 0 Å². The second kappa shape index (κ2) is 7.85. The summed E-state index contributed by atoms with van der Waals surface area (Å²) in [7, 11) is 0. The SMILES string of the molecule is O=C(Cc1ccccccccc1)Nc1ccc2c(c1)CC1(CCNC1=O)C2. The summed E-state index contributed by atoms with van der Waals surface area (Å²) in [5.74, 6) is 0.119. The molecule has 1 heterocycles. The molecule has 142 valence electrons. The van der Waals surface area contributed by atoms with Crippen LogP contribution in [0, 0.1) is 5.41 Å². The van der Waals surface area contributed by atoms with Crippen molar-refractivity contribution in [2.75, 3.05) is 11.9 Å². The molecule has 1 fully saturated rings. The topological polar surface area (TPSA) is 58.2 Å². The van der Waals surface area contributed by atoms with E-state index in [4.69, 9.17) is 0 Å². The summed E-state index contributed by atoms with van der Waals surface area (Å²) in [5, 5.41) is 5.96. The third-order valence-electron chi connectivity index (χ3n) is 5.57. The molecule has 0 saturated carbocycles. The minimum absolute atomic E-state index is 0.0489. The maximum absolute atomic E-state index is 12.5. The standard InChI is InChI=1S/C24H24N2O2/c27-22(14-18-8-6-4-2-1-3-5-7-9-18)26-21-11-10-19-16-24(17-20(19)15-21)12-13-25-23(24)28/h1-11,15H,12-14,16-17H2,(H,25,28)(H,26,27). The average Bonchev–Trinajstić information content (AvgIpc) is 3.22. The molecule has 1 unspecified atom stereocenters. The van der Waals surface area contributed by atoms with Gasteiger partial charge in [-0.1, -0.05) is 60.7 Å². The van der Waals surface area contributed by atoms with Crippen LogP contribution in [0.4, 0.5) is 5.69 Å². The van der Waals surface area contributed by atoms with Gasteiger partial charge in [0.2, 0.25) is 11.8 Å². The third-order valence-corrected chi connectivity index (χ3v) is 5.57. The van der Waals surface area contributed by atoms with Crippen LogP contribution < -0.4 is 10.6 Å². The number of hydrogen-bond donors (Lipinski definition) is 2. The van der Waals surface area contributed by atoms with E-state index in [0.29, 0.717) is 6.42 Å². The Balaban J connectivity index is 1.46. The minimum atomic E-state index is -0.273. The van der Waals surface area contributed by atoms with E-state index >= 15 is 0 Å². The van der Waals surface area contributed by atoms with Crippen molar-refractivity contribution in [1.29, 1.82) is 0 Å². The lowest BCUT2D eigenvalue weighted by Crippen LogP contribution is -2.31. The van der Waals surface area contributed by atoms with Gasteiger partial charge in [0.15, 0.2) is 0 Å². The lowest BCUT2D eigenvalue weighted by atomic mass is 9.83. The molecule has 2 N–H and O–H groups in total. The van der Waals surface area contributed by atoms with E-state index in [1.807, 2.05) is 72.8 Å². The molecule has 1 atom stereocenters. The van der Waals surface area contributed by atoms with Gasteiger partial charge in [-0.3, -0.25) is 9.59 Å². The fraction of sp³-hybridized carbons (Fsp3) is 0.250. The predicted octanol–water partition coefficient (Wildman–Crippen LogP) is 3.60. The molecule has 28 heavy (non-hydrogen) atoms. The van der Waals surface area contributed by atoms with Crippen LogP contribution in [0.1, 0.15) is 23.1 Å². The van der Waals surface area contributed by atoms with Crippen molar-refractivity contribution in [1.82, 2.24) is 5.32 Å². The van der Waals surface area contributed by atoms with Crippen molar-refractivity contribution >= 4 is 17.5 Å². The summed E-state index contributed by atoms with van der Waals surface area (Å²) >= 11 is 0. The van der Waals surface area contributed by atoms with Crippen LogP contribution in [0.25, 0.3) is 0 Å². The number of carbonyl (C=O) groups excluding carboxylic acids is 2. The Labute approximate surface area is 165 Å². The zero-order valence-corrected chi connectivity index (χ0v) is 15.8. The van der Waals surface area contributed by atoms with Gasteiger partial charge in [0, 0.05) is 12.2 Å². The summed E-state index contributed by atoms with van der Waals surface area (Å²) in [6, 6.07) is 23.5. The number of carbonyl (C=O) groups is 2. The van der Waals surface area contributed by atoms with Crippen molar-refractivity contribution in [2.24, 2.45) is 5.41 Å². The quantitative estimate of drug-likeness (QED) is 0.865. The van der Waals surface area contributed by atoms with Gasteiger partial charge in [0.05, 0.1) is 11.8 Å². The lowest BCUT2D eigenvalue weighted by molar-refractivity contribution is -0.127. The van der Waals surface area contributed by atoms with Crippen LogP contribution in [0.15, 0.2) is 72.8 Å². The number of rotatable bonds is 3. The van der Waals surface area contributed by atoms with Crippen LogP contribution in [0.5, 0.6) is 0 Å². The highest BCUT2D eigenvalue weighted by atomic mass is 16.2. The molecule has 1 saturated heterocycles. The molecule has 0 aromatic heterocycles. The summed E-state index contributed by atoms with van der Waals surface area (Å²) in [4.78, 5) is 24.8. The summed E-state index contributed by atoms with van der Waals surface area (Å²) in [6.45, 7) is 0.762. The first kappa shape index (κ1) is 18.2. The molecule has 4 heteroatoms. The van der Waals surface area contributed by atoms with Gasteiger partial charge in [-0.2, -0.15) is 0 Å². The Morgan fingerprint density at radius 2 is 1.61 bits per heavy atom. The number of amides is 2. The van der Waals surface area contributed by atoms with Crippen molar-refractivity contribution in [3.8, 4) is 0 Å². The van der Waals surface area contributed by atoms with Crippen LogP contribution in [-0.4, -0.2) is 18.4 Å². The highest BCUT2D eigenvalue weighted by Gasteiger charge is 2.46. The minimum Gasteiger partial charge on any atom is -0.356 e. The van der Waals surface area contributed by atoms with Gasteiger partial charge in [-0.05, 0) is 48.1 Å². The smallest absolute Gasteiger partial charge is 0.228 e. The average molecular weight is 372 g/mol. The van der Waals surface area contributed by atoms with E-state index in [-0.39, 0.29) is 17.2 Å². The Morgan fingerprint density at radius 3 is 2.29 bits per heavy atom. The molecule has 0 bridgehead atoms. The van der Waals surface area contributed by atoms with Crippen LogP contribution in [-0.2, 0) is 28.9 Å². The van der Waals surface area contributed by atoms with Gasteiger partial charge in [-0.25, -0.2) is 0 Å². The van der Waals surface area contributed by atoms with E-state index in [2.05, 4.69) is 10.6 Å². The molecule has 1 aliphatic carbocycles. The highest BCUT2D eigenvalue weighted by molar-refractivity contribution is 5.92. The number of fused-ring (bicyclic) bond motifs is 1. The number of nitrogens with one attached hydrogen (secondary N) is 2. The molecule has 4 rings (SSSR count). The second-order valence-electron chi connectivity index (χ2n) is 7.60. The van der Waals surface area contributed by atoms with Crippen molar-refractivity contribution in [3.05, 3.63) is 89.5 Å². The monoisotopic (exact) mass is 372 g/mol. The zero-order valence-electron chi connectivity index (χ0n) is 15.8. The Kier molecular flexibility index (Phi) is 5.11. The highest BCUT2D eigenvalue weighted by Crippen LogP contribution is 2.42. The molecule has 1 spiro atoms. The first-order chi connectivity index (χ1) is 13.6. The van der Waals surface area contributed by atoms with E-state index in [1.54, 1.807) is 0 Å². The molecule has 2 amide bonds. The predicted molar refractivity (Wildman–Crippen MR) is 110 cm³/mol. The number of hydrogen-bond acceptors (Lipinski definition) is 2. The van der Waals surface area contributed by atoms with Crippen molar-refractivity contribution in [2.45, 2.75) is 25.7 Å². The Morgan fingerprint density at radius 1 is 0.929 bits per heavy atom. The first-order valence-electron chi connectivity index (χ1n) is 9.72. The first-order valence-corrected chi connectivity index (χ1v) is 9.72. The van der Waals surface area contributed by atoms with Crippen molar-refractivity contribution in [3.63, 3.8) is 0 Å². The van der Waals surface area contributed by atoms with E-state index < -0.39 is 0 Å². The van der Waals surface area contributed by atoms with E-state index in [9.17, 15) is 9.59 Å². The van der Waals surface area contributed by atoms with Crippen LogP contribution in [0.3, 0.4) is 0 Å². The third kappa shape index (κ3) is 3.91. The largest absolute Gasteiger partial charge is 0.356 e. The summed E-state index contributed by atoms with van der Waals surface area (Å²) < 4.78 is 0. The Hall–Kier alpha value is -3.14. The molecular weight excluding hydrogens is 348 g/mol. The van der Waals surface area contributed by atoms with E-state index in [0.717, 1.165) is 37.1 Å². The molecule has 2 aliphatic rings. The van der Waals surface area contributed by atoms with Gasteiger partial charge < -0.3 is 10.6 Å².